The van der Waals surface area contributed by atoms with Crippen LogP contribution in [0, 0.1) is 0 Å². The maximum absolute atomic E-state index is 14.3. The Kier molecular flexibility index (Phi) is 10.6. The number of hydrogen-bond acceptors (Lipinski definition) is 4. The lowest BCUT2D eigenvalue weighted by Crippen LogP contribution is -2.53. The van der Waals surface area contributed by atoms with E-state index in [0.717, 1.165) is 9.87 Å². The van der Waals surface area contributed by atoms with Crippen LogP contribution in [0.15, 0.2) is 114 Å². The van der Waals surface area contributed by atoms with Gasteiger partial charge in [-0.05, 0) is 54.4 Å². The van der Waals surface area contributed by atoms with E-state index in [-0.39, 0.29) is 34.5 Å². The summed E-state index contributed by atoms with van der Waals surface area (Å²) >= 11 is 12.7. The molecule has 218 valence electrons. The molecule has 1 unspecified atom stereocenters. The van der Waals surface area contributed by atoms with Crippen molar-refractivity contribution in [2.45, 2.75) is 30.8 Å². The van der Waals surface area contributed by atoms with Crippen molar-refractivity contribution in [2.24, 2.45) is 0 Å². The van der Waals surface area contributed by atoms with E-state index < -0.39 is 28.5 Å². The molecule has 42 heavy (non-hydrogen) atoms. The smallest absolute Gasteiger partial charge is 0.264 e. The predicted molar refractivity (Wildman–Crippen MR) is 167 cm³/mol. The number of hydrogen-bond donors (Lipinski definition) is 1. The summed E-state index contributed by atoms with van der Waals surface area (Å²) in [6.07, 6.45) is 0.219. The molecule has 0 aromatic heterocycles. The van der Waals surface area contributed by atoms with Crippen molar-refractivity contribution < 1.29 is 18.0 Å². The number of carbonyl (C=O) groups excluding carboxylic acids is 2. The average molecular weight is 625 g/mol. The molecule has 0 saturated carbocycles. The van der Waals surface area contributed by atoms with Gasteiger partial charge in [0.15, 0.2) is 0 Å². The number of nitrogens with one attached hydrogen (secondary N) is 1. The van der Waals surface area contributed by atoms with E-state index in [1.54, 1.807) is 73.7 Å². The molecule has 0 aliphatic rings. The van der Waals surface area contributed by atoms with Gasteiger partial charge < -0.3 is 10.2 Å². The Labute approximate surface area is 256 Å². The van der Waals surface area contributed by atoms with Gasteiger partial charge >= 0.3 is 0 Å². The number of halogens is 2. The molecule has 4 aromatic rings. The maximum Gasteiger partial charge on any atom is 0.264 e. The van der Waals surface area contributed by atoms with E-state index in [1.807, 2.05) is 30.3 Å². The van der Waals surface area contributed by atoms with Crippen LogP contribution in [0.25, 0.3) is 0 Å². The molecule has 0 saturated heterocycles. The number of rotatable bonds is 12. The van der Waals surface area contributed by atoms with Crippen molar-refractivity contribution in [3.8, 4) is 0 Å². The molecule has 10 heteroatoms. The van der Waals surface area contributed by atoms with E-state index in [4.69, 9.17) is 23.2 Å². The highest BCUT2D eigenvalue weighted by Gasteiger charge is 2.35. The van der Waals surface area contributed by atoms with E-state index >= 15 is 0 Å². The highest BCUT2D eigenvalue weighted by molar-refractivity contribution is 7.92. The second kappa shape index (κ2) is 14.4. The van der Waals surface area contributed by atoms with Gasteiger partial charge in [0.1, 0.15) is 12.6 Å². The third-order valence-electron chi connectivity index (χ3n) is 6.60. The summed E-state index contributed by atoms with van der Waals surface area (Å²) in [6.45, 7) is 1.59. The highest BCUT2D eigenvalue weighted by Crippen LogP contribution is 2.31. The summed E-state index contributed by atoms with van der Waals surface area (Å²) < 4.78 is 28.9. The van der Waals surface area contributed by atoms with Gasteiger partial charge in [-0.3, -0.25) is 13.9 Å². The lowest BCUT2D eigenvalue weighted by atomic mass is 10.0. The lowest BCUT2D eigenvalue weighted by molar-refractivity contribution is -0.140. The first-order valence-corrected chi connectivity index (χ1v) is 15.6. The van der Waals surface area contributed by atoms with Crippen LogP contribution in [0.5, 0.6) is 0 Å². The molecule has 0 aliphatic carbocycles. The fourth-order valence-electron chi connectivity index (χ4n) is 4.57. The third kappa shape index (κ3) is 7.70. The molecule has 0 bridgehead atoms. The minimum Gasteiger partial charge on any atom is -0.355 e. The first kappa shape index (κ1) is 31.1. The van der Waals surface area contributed by atoms with Crippen molar-refractivity contribution in [1.29, 1.82) is 0 Å². The Balaban J connectivity index is 1.80. The molecule has 4 rings (SSSR count). The van der Waals surface area contributed by atoms with Crippen LogP contribution >= 0.6 is 23.2 Å². The molecule has 0 heterocycles. The minimum absolute atomic E-state index is 0.00340. The standard InChI is InChI=1S/C32H31Cl2N3O4S/c1-2-35-32(39)30(21-24-12-5-3-6-13-24)36(22-25-14-11-15-26(33)20-25)31(38)23-37(29-19-10-9-18-28(29)34)42(40,41)27-16-7-4-8-17-27/h3-20,30H,2,21-23H2,1H3,(H,35,39). The van der Waals surface area contributed by atoms with Gasteiger partial charge in [-0.15, -0.1) is 0 Å². The fraction of sp³-hybridized carbons (Fsp3) is 0.188. The Morgan fingerprint density at radius 1 is 0.810 bits per heavy atom. The molecule has 7 nitrogen and oxygen atoms in total. The van der Waals surface area contributed by atoms with Crippen molar-refractivity contribution in [2.75, 3.05) is 17.4 Å². The van der Waals surface area contributed by atoms with Crippen LogP contribution < -0.4 is 9.62 Å². The van der Waals surface area contributed by atoms with Gasteiger partial charge in [0.25, 0.3) is 10.0 Å². The van der Waals surface area contributed by atoms with Crippen molar-refractivity contribution >= 4 is 50.7 Å². The van der Waals surface area contributed by atoms with Gasteiger partial charge in [-0.1, -0.05) is 96.0 Å². The van der Waals surface area contributed by atoms with E-state index in [1.165, 1.54) is 17.0 Å². The first-order chi connectivity index (χ1) is 20.2. The number of benzene rings is 4. The quantitative estimate of drug-likeness (QED) is 0.211. The van der Waals surface area contributed by atoms with Crippen molar-refractivity contribution in [3.63, 3.8) is 0 Å². The average Bonchev–Trinajstić information content (AvgIpc) is 2.99. The van der Waals surface area contributed by atoms with E-state index in [0.29, 0.717) is 17.1 Å². The normalized spacial score (nSPS) is 11.9. The zero-order valence-corrected chi connectivity index (χ0v) is 25.3. The number of carbonyl (C=O) groups is 2. The van der Waals surface area contributed by atoms with Crippen molar-refractivity contribution in [3.05, 3.63) is 130 Å². The number of likely N-dealkylation sites (N-methyl/N-ethyl adjacent to an activating group) is 1. The zero-order valence-electron chi connectivity index (χ0n) is 23.0. The first-order valence-electron chi connectivity index (χ1n) is 13.4. The zero-order chi connectivity index (χ0) is 30.1. The Hall–Kier alpha value is -3.85. The number of sulfonamides is 1. The van der Waals surface area contributed by atoms with Crippen molar-refractivity contribution in [1.82, 2.24) is 10.2 Å². The Morgan fingerprint density at radius 2 is 1.43 bits per heavy atom. The number of para-hydroxylation sites is 1. The van der Waals surface area contributed by atoms with E-state index in [9.17, 15) is 18.0 Å². The molecule has 1 N–H and O–H groups in total. The van der Waals surface area contributed by atoms with Crippen LogP contribution in [-0.2, 0) is 32.6 Å². The predicted octanol–water partition coefficient (Wildman–Crippen LogP) is 5.96. The van der Waals surface area contributed by atoms with Crippen LogP contribution in [0.1, 0.15) is 18.1 Å². The molecule has 0 fully saturated rings. The Bertz CT molecular complexity index is 1620. The summed E-state index contributed by atoms with van der Waals surface area (Å²) in [5.41, 5.74) is 1.68. The minimum atomic E-state index is -4.22. The summed E-state index contributed by atoms with van der Waals surface area (Å²) in [4.78, 5) is 29.2. The molecule has 0 aliphatic heterocycles. The number of amides is 2. The molecule has 0 radical (unpaired) electrons. The van der Waals surface area contributed by atoms with Crippen LogP contribution in [-0.4, -0.2) is 44.3 Å². The largest absolute Gasteiger partial charge is 0.355 e. The Morgan fingerprint density at radius 3 is 2.07 bits per heavy atom. The fourth-order valence-corrected chi connectivity index (χ4v) is 6.52. The van der Waals surface area contributed by atoms with Gasteiger partial charge in [0.2, 0.25) is 11.8 Å². The van der Waals surface area contributed by atoms with Gasteiger partial charge in [0, 0.05) is 24.5 Å². The third-order valence-corrected chi connectivity index (χ3v) is 8.92. The number of anilines is 1. The summed E-state index contributed by atoms with van der Waals surface area (Å²) in [5.74, 6) is -0.937. The SMILES string of the molecule is CCNC(=O)C(Cc1ccccc1)N(Cc1cccc(Cl)c1)C(=O)CN(c1ccccc1Cl)S(=O)(=O)c1ccccc1. The monoisotopic (exact) mass is 623 g/mol. The van der Waals surface area contributed by atoms with Gasteiger partial charge in [-0.25, -0.2) is 8.42 Å². The highest BCUT2D eigenvalue weighted by atomic mass is 35.5. The van der Waals surface area contributed by atoms with Gasteiger partial charge in [-0.2, -0.15) is 0 Å². The molecular weight excluding hydrogens is 593 g/mol. The molecule has 1 atom stereocenters. The van der Waals surface area contributed by atoms with Gasteiger partial charge in [0.05, 0.1) is 15.6 Å². The summed E-state index contributed by atoms with van der Waals surface area (Å²) in [6, 6.07) is 29.7. The van der Waals surface area contributed by atoms with Crippen LogP contribution in [0.4, 0.5) is 5.69 Å². The molecular formula is C32H31Cl2N3O4S. The lowest BCUT2D eigenvalue weighted by Gasteiger charge is -2.34. The summed E-state index contributed by atoms with van der Waals surface area (Å²) in [5, 5.41) is 3.47. The van der Waals surface area contributed by atoms with Crippen LogP contribution in [0.3, 0.4) is 0 Å². The second-order valence-corrected chi connectivity index (χ2v) is 12.2. The maximum atomic E-state index is 14.3. The summed E-state index contributed by atoms with van der Waals surface area (Å²) in [7, 11) is -4.22. The molecule has 0 spiro atoms. The molecule has 2 amide bonds. The number of nitrogens with zero attached hydrogens (tertiary/aromatic N) is 2. The molecule has 4 aromatic carbocycles. The van der Waals surface area contributed by atoms with Crippen LogP contribution in [0.2, 0.25) is 10.0 Å². The topological polar surface area (TPSA) is 86.8 Å². The second-order valence-electron chi connectivity index (χ2n) is 9.53. The van der Waals surface area contributed by atoms with E-state index in [2.05, 4.69) is 5.32 Å².